The smallest absolute Gasteiger partial charge is 0.420 e. The average Bonchev–Trinajstić information content (AvgIpc) is 2.54. The molecule has 0 spiro atoms. The van der Waals surface area contributed by atoms with Crippen molar-refractivity contribution < 1.29 is 17.9 Å². The van der Waals surface area contributed by atoms with Gasteiger partial charge >= 0.3 is 6.18 Å². The number of ether oxygens (including phenoxy) is 1. The molecule has 16 heavy (non-hydrogen) atoms. The lowest BCUT2D eigenvalue weighted by Gasteiger charge is -2.11. The Hall–Kier alpha value is -1.72. The number of benzene rings is 1. The van der Waals surface area contributed by atoms with Gasteiger partial charge in [-0.1, -0.05) is 6.07 Å². The SMILES string of the molecule is COc1c(C(F)(F)F)ccc2cn(C)nc12. The number of hydrogen-bond acceptors (Lipinski definition) is 2. The summed E-state index contributed by atoms with van der Waals surface area (Å²) in [5.74, 6) is -0.231. The number of aromatic nitrogens is 2. The van der Waals surface area contributed by atoms with Gasteiger partial charge in [0.1, 0.15) is 5.52 Å². The molecule has 0 atom stereocenters. The molecule has 0 unspecified atom stereocenters. The molecule has 0 bridgehead atoms. The van der Waals surface area contributed by atoms with Gasteiger partial charge in [0.2, 0.25) is 0 Å². The van der Waals surface area contributed by atoms with Gasteiger partial charge in [-0.05, 0) is 6.07 Å². The largest absolute Gasteiger partial charge is 0.494 e. The summed E-state index contributed by atoms with van der Waals surface area (Å²) in [5, 5.41) is 4.57. The van der Waals surface area contributed by atoms with Crippen molar-refractivity contribution in [3.05, 3.63) is 23.9 Å². The number of methoxy groups -OCH3 is 1. The maximum absolute atomic E-state index is 12.7. The minimum atomic E-state index is -4.43. The van der Waals surface area contributed by atoms with E-state index in [2.05, 4.69) is 5.10 Å². The minimum absolute atomic E-state index is 0.222. The lowest BCUT2D eigenvalue weighted by molar-refractivity contribution is -0.138. The van der Waals surface area contributed by atoms with Crippen LogP contribution in [-0.4, -0.2) is 16.9 Å². The summed E-state index contributed by atoms with van der Waals surface area (Å²) in [6.45, 7) is 0. The van der Waals surface area contributed by atoms with E-state index in [1.165, 1.54) is 17.9 Å². The van der Waals surface area contributed by atoms with E-state index < -0.39 is 11.7 Å². The van der Waals surface area contributed by atoms with Crippen LogP contribution in [0.1, 0.15) is 5.56 Å². The molecule has 0 amide bonds. The molecular formula is C10H9F3N2O. The van der Waals surface area contributed by atoms with Crippen LogP contribution >= 0.6 is 0 Å². The van der Waals surface area contributed by atoms with Gasteiger partial charge in [0, 0.05) is 18.6 Å². The summed E-state index contributed by atoms with van der Waals surface area (Å²) in [6, 6.07) is 2.39. The number of aryl methyl sites for hydroxylation is 1. The zero-order valence-corrected chi connectivity index (χ0v) is 8.67. The minimum Gasteiger partial charge on any atom is -0.494 e. The number of rotatable bonds is 1. The number of nitrogens with zero attached hydrogens (tertiary/aromatic N) is 2. The lowest BCUT2D eigenvalue weighted by atomic mass is 10.1. The zero-order valence-electron chi connectivity index (χ0n) is 8.67. The number of hydrogen-bond donors (Lipinski definition) is 0. The van der Waals surface area contributed by atoms with Gasteiger partial charge in [-0.15, -0.1) is 0 Å². The van der Waals surface area contributed by atoms with Crippen molar-refractivity contribution >= 4 is 10.9 Å². The van der Waals surface area contributed by atoms with Crippen LogP contribution < -0.4 is 4.74 Å². The highest BCUT2D eigenvalue weighted by Gasteiger charge is 2.35. The molecule has 86 valence electrons. The fraction of sp³-hybridized carbons (Fsp3) is 0.300. The fourth-order valence-corrected chi connectivity index (χ4v) is 1.61. The Morgan fingerprint density at radius 1 is 1.31 bits per heavy atom. The van der Waals surface area contributed by atoms with E-state index in [1.807, 2.05) is 0 Å². The summed E-state index contributed by atoms with van der Waals surface area (Å²) < 4.78 is 44.2. The number of alkyl halides is 3. The van der Waals surface area contributed by atoms with E-state index in [4.69, 9.17) is 4.74 Å². The van der Waals surface area contributed by atoms with E-state index in [9.17, 15) is 13.2 Å². The molecule has 0 saturated heterocycles. The van der Waals surface area contributed by atoms with Crippen LogP contribution in [0, 0.1) is 0 Å². The van der Waals surface area contributed by atoms with E-state index >= 15 is 0 Å². The van der Waals surface area contributed by atoms with E-state index in [1.54, 1.807) is 13.2 Å². The predicted molar refractivity (Wildman–Crippen MR) is 52.3 cm³/mol. The Bertz CT molecular complexity index is 531. The second-order valence-electron chi connectivity index (χ2n) is 3.38. The van der Waals surface area contributed by atoms with Gasteiger partial charge < -0.3 is 4.74 Å². The molecular weight excluding hydrogens is 221 g/mol. The normalized spacial score (nSPS) is 12.1. The Labute approximate surface area is 89.4 Å². The van der Waals surface area contributed by atoms with Gasteiger partial charge in [-0.25, -0.2) is 0 Å². The van der Waals surface area contributed by atoms with Crippen LogP contribution in [-0.2, 0) is 13.2 Å². The molecule has 1 aromatic carbocycles. The summed E-state index contributed by atoms with van der Waals surface area (Å²) >= 11 is 0. The van der Waals surface area contributed by atoms with Crippen molar-refractivity contribution in [3.8, 4) is 5.75 Å². The molecule has 0 N–H and O–H groups in total. The molecule has 1 aromatic heterocycles. The van der Waals surface area contributed by atoms with E-state index in [0.29, 0.717) is 5.39 Å². The maximum Gasteiger partial charge on any atom is 0.420 e. The third kappa shape index (κ3) is 1.60. The fourth-order valence-electron chi connectivity index (χ4n) is 1.61. The Balaban J connectivity index is 2.77. The maximum atomic E-state index is 12.7. The highest BCUT2D eigenvalue weighted by Crippen LogP contribution is 2.39. The number of halogens is 3. The van der Waals surface area contributed by atoms with Crippen molar-refractivity contribution in [3.63, 3.8) is 0 Å². The molecule has 0 aliphatic heterocycles. The molecule has 3 nitrogen and oxygen atoms in total. The molecule has 0 radical (unpaired) electrons. The van der Waals surface area contributed by atoms with Gasteiger partial charge in [-0.3, -0.25) is 4.68 Å². The molecule has 0 saturated carbocycles. The molecule has 2 rings (SSSR count). The molecule has 6 heteroatoms. The Morgan fingerprint density at radius 3 is 2.56 bits per heavy atom. The van der Waals surface area contributed by atoms with Gasteiger partial charge in [-0.2, -0.15) is 18.3 Å². The van der Waals surface area contributed by atoms with Crippen molar-refractivity contribution in [2.24, 2.45) is 7.05 Å². The highest BCUT2D eigenvalue weighted by molar-refractivity contribution is 5.85. The van der Waals surface area contributed by atoms with Gasteiger partial charge in [0.25, 0.3) is 0 Å². The first-order valence-corrected chi connectivity index (χ1v) is 4.51. The standard InChI is InChI=1S/C10H9F3N2O/c1-15-5-6-3-4-7(10(11,12)13)9(16-2)8(6)14-15/h3-5H,1-2H3. The second-order valence-corrected chi connectivity index (χ2v) is 3.38. The van der Waals surface area contributed by atoms with Crippen molar-refractivity contribution in [1.82, 2.24) is 9.78 Å². The van der Waals surface area contributed by atoms with Crippen molar-refractivity contribution in [1.29, 1.82) is 0 Å². The average molecular weight is 230 g/mol. The summed E-state index contributed by atoms with van der Waals surface area (Å²) in [5.41, 5.74) is -0.582. The summed E-state index contributed by atoms with van der Waals surface area (Å²) in [4.78, 5) is 0. The van der Waals surface area contributed by atoms with Crippen LogP contribution in [0.25, 0.3) is 10.9 Å². The summed E-state index contributed by atoms with van der Waals surface area (Å²) in [6.07, 6.45) is -2.80. The van der Waals surface area contributed by atoms with Gasteiger partial charge in [0.05, 0.1) is 12.7 Å². The first kappa shape index (κ1) is 10.8. The van der Waals surface area contributed by atoms with Crippen LogP contribution in [0.3, 0.4) is 0 Å². The first-order valence-electron chi connectivity index (χ1n) is 4.51. The van der Waals surface area contributed by atoms with E-state index in [-0.39, 0.29) is 11.3 Å². The van der Waals surface area contributed by atoms with Crippen LogP contribution in [0.5, 0.6) is 5.75 Å². The van der Waals surface area contributed by atoms with Crippen LogP contribution in [0.15, 0.2) is 18.3 Å². The summed E-state index contributed by atoms with van der Waals surface area (Å²) in [7, 11) is 2.85. The van der Waals surface area contributed by atoms with E-state index in [0.717, 1.165) is 6.07 Å². The predicted octanol–water partition coefficient (Wildman–Crippen LogP) is 2.60. The Morgan fingerprint density at radius 2 is 2.00 bits per heavy atom. The molecule has 0 aliphatic carbocycles. The molecule has 0 fully saturated rings. The zero-order chi connectivity index (χ0) is 11.9. The first-order chi connectivity index (χ1) is 7.43. The van der Waals surface area contributed by atoms with Gasteiger partial charge in [0.15, 0.2) is 5.75 Å². The Kier molecular flexibility index (Phi) is 2.29. The van der Waals surface area contributed by atoms with Crippen molar-refractivity contribution in [2.75, 3.05) is 7.11 Å². The quantitative estimate of drug-likeness (QED) is 0.752. The third-order valence-corrected chi connectivity index (χ3v) is 2.26. The molecule has 2 aromatic rings. The third-order valence-electron chi connectivity index (χ3n) is 2.26. The topological polar surface area (TPSA) is 27.1 Å². The highest BCUT2D eigenvalue weighted by atomic mass is 19.4. The molecule has 0 aliphatic rings. The monoisotopic (exact) mass is 230 g/mol. The second kappa shape index (κ2) is 3.40. The molecule has 1 heterocycles. The number of fused-ring (bicyclic) bond motifs is 1. The van der Waals surface area contributed by atoms with Crippen molar-refractivity contribution in [2.45, 2.75) is 6.18 Å². The van der Waals surface area contributed by atoms with Crippen LogP contribution in [0.4, 0.5) is 13.2 Å². The van der Waals surface area contributed by atoms with Crippen LogP contribution in [0.2, 0.25) is 0 Å². The lowest BCUT2D eigenvalue weighted by Crippen LogP contribution is -2.07.